The van der Waals surface area contributed by atoms with Gasteiger partial charge in [-0.3, -0.25) is 9.59 Å². The molecule has 0 aromatic heterocycles. The molecule has 154 valence electrons. The first-order valence-electron chi connectivity index (χ1n) is 10.1. The summed E-state index contributed by atoms with van der Waals surface area (Å²) < 4.78 is 5.73. The standard InChI is InChI=1S/C25H26N2O3/c1-3-18(2)30-23-15-11-21(12-16-23)25(29)27-22-13-9-20(10-14-22)24(28)26-17-19-7-5-4-6-8-19/h4-16,18H,3,17H2,1-2H3,(H,26,28)(H,27,29). The number of carbonyl (C=O) groups is 2. The molecule has 1 unspecified atom stereocenters. The molecule has 2 N–H and O–H groups in total. The van der Waals surface area contributed by atoms with Crippen LogP contribution in [-0.2, 0) is 6.54 Å². The van der Waals surface area contributed by atoms with Crippen LogP contribution in [0.1, 0.15) is 46.5 Å². The predicted molar refractivity (Wildman–Crippen MR) is 119 cm³/mol. The Morgan fingerprint density at radius 3 is 2.07 bits per heavy atom. The molecule has 0 aliphatic rings. The molecule has 2 amide bonds. The van der Waals surface area contributed by atoms with Gasteiger partial charge in [0.05, 0.1) is 6.10 Å². The van der Waals surface area contributed by atoms with E-state index < -0.39 is 0 Å². The zero-order valence-electron chi connectivity index (χ0n) is 17.2. The normalized spacial score (nSPS) is 11.4. The maximum atomic E-state index is 12.5. The second-order valence-electron chi connectivity index (χ2n) is 7.06. The highest BCUT2D eigenvalue weighted by Gasteiger charge is 2.09. The first-order valence-corrected chi connectivity index (χ1v) is 10.1. The maximum Gasteiger partial charge on any atom is 0.255 e. The van der Waals surface area contributed by atoms with Gasteiger partial charge in [0.15, 0.2) is 0 Å². The van der Waals surface area contributed by atoms with Crippen molar-refractivity contribution in [3.8, 4) is 5.75 Å². The molecule has 0 radical (unpaired) electrons. The Balaban J connectivity index is 1.54. The van der Waals surface area contributed by atoms with Crippen molar-refractivity contribution in [3.63, 3.8) is 0 Å². The zero-order chi connectivity index (χ0) is 21.3. The van der Waals surface area contributed by atoms with E-state index >= 15 is 0 Å². The van der Waals surface area contributed by atoms with Gasteiger partial charge in [-0.1, -0.05) is 37.3 Å². The Morgan fingerprint density at radius 2 is 1.43 bits per heavy atom. The van der Waals surface area contributed by atoms with Crippen LogP contribution in [0.4, 0.5) is 5.69 Å². The van der Waals surface area contributed by atoms with Gasteiger partial charge in [0, 0.05) is 23.4 Å². The molecule has 3 aromatic carbocycles. The van der Waals surface area contributed by atoms with Gasteiger partial charge in [0.1, 0.15) is 5.75 Å². The molecule has 30 heavy (non-hydrogen) atoms. The number of hydrogen-bond acceptors (Lipinski definition) is 3. The minimum absolute atomic E-state index is 0.132. The Morgan fingerprint density at radius 1 is 0.833 bits per heavy atom. The van der Waals surface area contributed by atoms with Gasteiger partial charge in [-0.25, -0.2) is 0 Å². The number of anilines is 1. The molecule has 0 bridgehead atoms. The number of amides is 2. The number of benzene rings is 3. The monoisotopic (exact) mass is 402 g/mol. The highest BCUT2D eigenvalue weighted by atomic mass is 16.5. The summed E-state index contributed by atoms with van der Waals surface area (Å²) in [6, 6.07) is 23.6. The Kier molecular flexibility index (Phi) is 7.22. The molecule has 0 fully saturated rings. The van der Waals surface area contributed by atoms with Gasteiger partial charge >= 0.3 is 0 Å². The highest BCUT2D eigenvalue weighted by Crippen LogP contribution is 2.17. The van der Waals surface area contributed by atoms with E-state index in [0.29, 0.717) is 23.4 Å². The summed E-state index contributed by atoms with van der Waals surface area (Å²) in [6.45, 7) is 4.53. The third-order valence-corrected chi connectivity index (χ3v) is 4.73. The van der Waals surface area contributed by atoms with E-state index in [-0.39, 0.29) is 17.9 Å². The van der Waals surface area contributed by atoms with E-state index in [1.54, 1.807) is 48.5 Å². The molecule has 0 aliphatic heterocycles. The van der Waals surface area contributed by atoms with Crippen LogP contribution in [-0.4, -0.2) is 17.9 Å². The molecule has 0 heterocycles. The van der Waals surface area contributed by atoms with Crippen molar-refractivity contribution < 1.29 is 14.3 Å². The molecule has 5 nitrogen and oxygen atoms in total. The lowest BCUT2D eigenvalue weighted by atomic mass is 10.1. The van der Waals surface area contributed by atoms with Crippen molar-refractivity contribution in [3.05, 3.63) is 95.6 Å². The van der Waals surface area contributed by atoms with Crippen molar-refractivity contribution >= 4 is 17.5 Å². The van der Waals surface area contributed by atoms with E-state index in [1.165, 1.54) is 0 Å². The van der Waals surface area contributed by atoms with Crippen molar-refractivity contribution in [1.82, 2.24) is 5.32 Å². The lowest BCUT2D eigenvalue weighted by Crippen LogP contribution is -2.22. The topological polar surface area (TPSA) is 67.4 Å². The molecule has 0 aliphatic carbocycles. The number of nitrogens with one attached hydrogen (secondary N) is 2. The van der Waals surface area contributed by atoms with Gasteiger partial charge in [-0.15, -0.1) is 0 Å². The van der Waals surface area contributed by atoms with Crippen molar-refractivity contribution in [2.24, 2.45) is 0 Å². The minimum Gasteiger partial charge on any atom is -0.491 e. The van der Waals surface area contributed by atoms with Crippen LogP contribution in [0, 0.1) is 0 Å². The summed E-state index contributed by atoms with van der Waals surface area (Å²) in [5.74, 6) is 0.367. The van der Waals surface area contributed by atoms with Gasteiger partial charge in [0.2, 0.25) is 0 Å². The average Bonchev–Trinajstić information content (AvgIpc) is 2.79. The Hall–Kier alpha value is -3.60. The third kappa shape index (κ3) is 5.95. The maximum absolute atomic E-state index is 12.5. The second-order valence-corrected chi connectivity index (χ2v) is 7.06. The summed E-state index contributed by atoms with van der Waals surface area (Å²) in [7, 11) is 0. The van der Waals surface area contributed by atoms with Crippen LogP contribution in [0.15, 0.2) is 78.9 Å². The fourth-order valence-corrected chi connectivity index (χ4v) is 2.79. The van der Waals surface area contributed by atoms with E-state index in [1.807, 2.05) is 37.3 Å². The summed E-state index contributed by atoms with van der Waals surface area (Å²) in [6.07, 6.45) is 1.05. The zero-order valence-corrected chi connectivity index (χ0v) is 17.2. The summed E-state index contributed by atoms with van der Waals surface area (Å²) in [4.78, 5) is 24.7. The van der Waals surface area contributed by atoms with Crippen LogP contribution in [0.5, 0.6) is 5.75 Å². The van der Waals surface area contributed by atoms with Crippen LogP contribution >= 0.6 is 0 Å². The van der Waals surface area contributed by atoms with E-state index in [2.05, 4.69) is 17.6 Å². The first-order chi connectivity index (χ1) is 14.5. The summed E-state index contributed by atoms with van der Waals surface area (Å²) in [5, 5.41) is 5.73. The molecule has 0 saturated heterocycles. The Bertz CT molecular complexity index is 968. The lowest BCUT2D eigenvalue weighted by Gasteiger charge is -2.13. The van der Waals surface area contributed by atoms with Crippen LogP contribution < -0.4 is 15.4 Å². The largest absolute Gasteiger partial charge is 0.491 e. The molecule has 0 spiro atoms. The van der Waals surface area contributed by atoms with Crippen LogP contribution in [0.2, 0.25) is 0 Å². The van der Waals surface area contributed by atoms with Gasteiger partial charge in [-0.05, 0) is 67.4 Å². The van der Waals surface area contributed by atoms with Gasteiger partial charge < -0.3 is 15.4 Å². The van der Waals surface area contributed by atoms with Crippen LogP contribution in [0.25, 0.3) is 0 Å². The fourth-order valence-electron chi connectivity index (χ4n) is 2.79. The SMILES string of the molecule is CCC(C)Oc1ccc(C(=O)Nc2ccc(C(=O)NCc3ccccc3)cc2)cc1. The number of hydrogen-bond donors (Lipinski definition) is 2. The number of rotatable bonds is 8. The van der Waals surface area contributed by atoms with E-state index in [0.717, 1.165) is 17.7 Å². The van der Waals surface area contributed by atoms with Crippen molar-refractivity contribution in [1.29, 1.82) is 0 Å². The van der Waals surface area contributed by atoms with Gasteiger partial charge in [-0.2, -0.15) is 0 Å². The third-order valence-electron chi connectivity index (χ3n) is 4.73. The number of carbonyl (C=O) groups excluding carboxylic acids is 2. The summed E-state index contributed by atoms with van der Waals surface area (Å²) >= 11 is 0. The minimum atomic E-state index is -0.216. The van der Waals surface area contributed by atoms with Crippen LogP contribution in [0.3, 0.4) is 0 Å². The lowest BCUT2D eigenvalue weighted by molar-refractivity contribution is 0.0950. The molecular weight excluding hydrogens is 376 g/mol. The fraction of sp³-hybridized carbons (Fsp3) is 0.200. The quantitative estimate of drug-likeness (QED) is 0.554. The van der Waals surface area contributed by atoms with Gasteiger partial charge in [0.25, 0.3) is 11.8 Å². The first kappa shape index (κ1) is 21.1. The van der Waals surface area contributed by atoms with E-state index in [4.69, 9.17) is 4.74 Å². The summed E-state index contributed by atoms with van der Waals surface area (Å²) in [5.41, 5.74) is 2.74. The smallest absolute Gasteiger partial charge is 0.255 e. The molecule has 3 rings (SSSR count). The molecule has 0 saturated carbocycles. The average molecular weight is 402 g/mol. The molecule has 1 atom stereocenters. The van der Waals surface area contributed by atoms with E-state index in [9.17, 15) is 9.59 Å². The Labute approximate surface area is 177 Å². The highest BCUT2D eigenvalue weighted by molar-refractivity contribution is 6.04. The van der Waals surface area contributed by atoms with Crippen molar-refractivity contribution in [2.75, 3.05) is 5.32 Å². The van der Waals surface area contributed by atoms with Crippen molar-refractivity contribution in [2.45, 2.75) is 32.9 Å². The number of ether oxygens (including phenoxy) is 1. The second kappa shape index (κ2) is 10.3. The predicted octanol–water partition coefficient (Wildman–Crippen LogP) is 5.05. The molecular formula is C25H26N2O3. The molecule has 3 aromatic rings. The molecule has 5 heteroatoms.